The molecule has 4 heteroatoms. The fraction of sp³-hybridized carbons (Fsp3) is 0.692. The van der Waals surface area contributed by atoms with Gasteiger partial charge in [0.15, 0.2) is 0 Å². The van der Waals surface area contributed by atoms with Crippen LogP contribution >= 0.6 is 11.3 Å². The summed E-state index contributed by atoms with van der Waals surface area (Å²) in [7, 11) is 0. The molecule has 1 unspecified atom stereocenters. The lowest BCUT2D eigenvalue weighted by atomic mass is 9.90. The largest absolute Gasteiger partial charge is 0.297 e. The maximum atomic E-state index is 5.80. The number of rotatable bonds is 6. The highest BCUT2D eigenvalue weighted by atomic mass is 32.1. The number of hydrazine groups is 1. The van der Waals surface area contributed by atoms with Crippen LogP contribution in [0.5, 0.6) is 0 Å². The summed E-state index contributed by atoms with van der Waals surface area (Å²) >= 11 is 1.78. The number of thiophene rings is 1. The van der Waals surface area contributed by atoms with Gasteiger partial charge in [0.25, 0.3) is 0 Å². The molecule has 1 rings (SSSR count). The standard InChI is InChI=1S/C13H25N3S/c1-6-16(7-2)13(4,5)12(15-14)11-10(3)8-9-17-11/h8-9,12,15H,6-7,14H2,1-5H3. The molecule has 0 fully saturated rings. The van der Waals surface area contributed by atoms with Crippen LogP contribution in [0.1, 0.15) is 44.2 Å². The van der Waals surface area contributed by atoms with Crippen molar-refractivity contribution in [3.63, 3.8) is 0 Å². The molecule has 3 nitrogen and oxygen atoms in total. The summed E-state index contributed by atoms with van der Waals surface area (Å²) in [5, 5.41) is 2.13. The van der Waals surface area contributed by atoms with Crippen molar-refractivity contribution in [1.29, 1.82) is 0 Å². The Morgan fingerprint density at radius 1 is 1.41 bits per heavy atom. The summed E-state index contributed by atoms with van der Waals surface area (Å²) < 4.78 is 0. The molecule has 1 heterocycles. The number of aryl methyl sites for hydroxylation is 1. The topological polar surface area (TPSA) is 41.3 Å². The first-order valence-corrected chi connectivity index (χ1v) is 7.12. The Bertz CT molecular complexity index is 342. The average Bonchev–Trinajstić information content (AvgIpc) is 2.67. The lowest BCUT2D eigenvalue weighted by molar-refractivity contribution is 0.0924. The van der Waals surface area contributed by atoms with Gasteiger partial charge in [0.05, 0.1) is 6.04 Å². The molecule has 17 heavy (non-hydrogen) atoms. The van der Waals surface area contributed by atoms with Crippen LogP contribution in [0.4, 0.5) is 0 Å². The molecule has 1 atom stereocenters. The van der Waals surface area contributed by atoms with Gasteiger partial charge in [0.1, 0.15) is 0 Å². The Morgan fingerprint density at radius 2 is 2.00 bits per heavy atom. The monoisotopic (exact) mass is 255 g/mol. The van der Waals surface area contributed by atoms with E-state index in [-0.39, 0.29) is 11.6 Å². The van der Waals surface area contributed by atoms with Gasteiger partial charge in [-0.05, 0) is 50.9 Å². The smallest absolute Gasteiger partial charge is 0.0734 e. The molecule has 1 aromatic rings. The van der Waals surface area contributed by atoms with Crippen molar-refractivity contribution in [3.05, 3.63) is 21.9 Å². The van der Waals surface area contributed by atoms with Crippen molar-refractivity contribution in [2.75, 3.05) is 13.1 Å². The molecule has 0 aliphatic rings. The zero-order valence-electron chi connectivity index (χ0n) is 11.6. The molecule has 0 bridgehead atoms. The minimum atomic E-state index is 0.00780. The maximum absolute atomic E-state index is 5.80. The normalized spacial score (nSPS) is 14.3. The molecule has 0 aliphatic carbocycles. The van der Waals surface area contributed by atoms with Crippen LogP contribution in [0.25, 0.3) is 0 Å². The Labute approximate surface area is 109 Å². The van der Waals surface area contributed by atoms with Gasteiger partial charge < -0.3 is 0 Å². The van der Waals surface area contributed by atoms with E-state index in [1.54, 1.807) is 11.3 Å². The third kappa shape index (κ3) is 2.88. The van der Waals surface area contributed by atoms with Crippen molar-refractivity contribution in [2.24, 2.45) is 5.84 Å². The highest BCUT2D eigenvalue weighted by molar-refractivity contribution is 7.10. The van der Waals surface area contributed by atoms with Crippen LogP contribution in [0.2, 0.25) is 0 Å². The van der Waals surface area contributed by atoms with E-state index in [4.69, 9.17) is 5.84 Å². The molecule has 0 radical (unpaired) electrons. The van der Waals surface area contributed by atoms with E-state index >= 15 is 0 Å². The van der Waals surface area contributed by atoms with Crippen LogP contribution in [-0.2, 0) is 0 Å². The number of nitrogens with two attached hydrogens (primary N) is 1. The fourth-order valence-electron chi connectivity index (χ4n) is 2.50. The molecule has 98 valence electrons. The third-order valence-electron chi connectivity index (χ3n) is 3.62. The minimum Gasteiger partial charge on any atom is -0.297 e. The predicted octanol–water partition coefficient (Wildman–Crippen LogP) is 2.68. The van der Waals surface area contributed by atoms with Crippen molar-refractivity contribution in [3.8, 4) is 0 Å². The zero-order chi connectivity index (χ0) is 13.1. The van der Waals surface area contributed by atoms with E-state index in [0.717, 1.165) is 13.1 Å². The summed E-state index contributed by atoms with van der Waals surface area (Å²) in [4.78, 5) is 3.78. The van der Waals surface area contributed by atoms with Crippen LogP contribution in [0.15, 0.2) is 11.4 Å². The van der Waals surface area contributed by atoms with E-state index in [9.17, 15) is 0 Å². The van der Waals surface area contributed by atoms with E-state index in [1.807, 2.05) is 0 Å². The van der Waals surface area contributed by atoms with Gasteiger partial charge in [-0.25, -0.2) is 0 Å². The van der Waals surface area contributed by atoms with Crippen LogP contribution in [0, 0.1) is 6.92 Å². The Hall–Kier alpha value is -0.420. The lowest BCUT2D eigenvalue weighted by Gasteiger charge is -2.43. The molecule has 0 spiro atoms. The Balaban J connectivity index is 3.05. The second kappa shape index (κ2) is 5.96. The van der Waals surface area contributed by atoms with Crippen molar-refractivity contribution < 1.29 is 0 Å². The Morgan fingerprint density at radius 3 is 2.35 bits per heavy atom. The molecular formula is C13H25N3S. The van der Waals surface area contributed by atoms with Crippen molar-refractivity contribution in [1.82, 2.24) is 10.3 Å². The molecule has 0 saturated heterocycles. The molecule has 0 amide bonds. The highest BCUT2D eigenvalue weighted by Gasteiger charge is 2.35. The van der Waals surface area contributed by atoms with Gasteiger partial charge >= 0.3 is 0 Å². The van der Waals surface area contributed by atoms with E-state index in [2.05, 4.69) is 56.4 Å². The van der Waals surface area contributed by atoms with Gasteiger partial charge in [-0.3, -0.25) is 16.2 Å². The fourth-order valence-corrected chi connectivity index (χ4v) is 3.67. The average molecular weight is 255 g/mol. The lowest BCUT2D eigenvalue weighted by Crippen LogP contribution is -2.54. The van der Waals surface area contributed by atoms with Crippen molar-refractivity contribution >= 4 is 11.3 Å². The van der Waals surface area contributed by atoms with Crippen LogP contribution in [-0.4, -0.2) is 23.5 Å². The molecule has 1 aromatic heterocycles. The first-order valence-electron chi connectivity index (χ1n) is 6.24. The van der Waals surface area contributed by atoms with Crippen LogP contribution < -0.4 is 11.3 Å². The van der Waals surface area contributed by atoms with Gasteiger partial charge in [0.2, 0.25) is 0 Å². The van der Waals surface area contributed by atoms with Gasteiger partial charge in [-0.1, -0.05) is 13.8 Å². The Kier molecular flexibility index (Phi) is 5.13. The van der Waals surface area contributed by atoms with Gasteiger partial charge in [-0.2, -0.15) is 0 Å². The summed E-state index contributed by atoms with van der Waals surface area (Å²) in [5.74, 6) is 5.80. The van der Waals surface area contributed by atoms with E-state index in [1.165, 1.54) is 10.4 Å². The number of hydrogen-bond donors (Lipinski definition) is 2. The first-order chi connectivity index (χ1) is 7.98. The summed E-state index contributed by atoms with van der Waals surface area (Å²) in [6.07, 6.45) is 0. The minimum absolute atomic E-state index is 0.00780. The number of likely N-dealkylation sites (N-methyl/N-ethyl adjacent to an activating group) is 1. The van der Waals surface area contributed by atoms with E-state index < -0.39 is 0 Å². The second-order valence-electron chi connectivity index (χ2n) is 4.89. The van der Waals surface area contributed by atoms with Gasteiger partial charge in [0, 0.05) is 10.4 Å². The highest BCUT2D eigenvalue weighted by Crippen LogP contribution is 2.34. The number of hydrogen-bond acceptors (Lipinski definition) is 4. The summed E-state index contributed by atoms with van der Waals surface area (Å²) in [6, 6.07) is 2.32. The predicted molar refractivity (Wildman–Crippen MR) is 76.1 cm³/mol. The molecule has 0 saturated carbocycles. The zero-order valence-corrected chi connectivity index (χ0v) is 12.4. The van der Waals surface area contributed by atoms with E-state index in [0.29, 0.717) is 0 Å². The van der Waals surface area contributed by atoms with Crippen LogP contribution in [0.3, 0.4) is 0 Å². The SMILES string of the molecule is CCN(CC)C(C)(C)C(NN)c1sccc1C. The number of nitrogens with zero attached hydrogens (tertiary/aromatic N) is 1. The summed E-state index contributed by atoms with van der Waals surface area (Å²) in [5.41, 5.74) is 4.33. The summed E-state index contributed by atoms with van der Waals surface area (Å²) in [6.45, 7) is 13.1. The van der Waals surface area contributed by atoms with Gasteiger partial charge in [-0.15, -0.1) is 11.3 Å². The first kappa shape index (κ1) is 14.6. The van der Waals surface area contributed by atoms with Crippen molar-refractivity contribution in [2.45, 2.75) is 46.2 Å². The molecule has 3 N–H and O–H groups in total. The third-order valence-corrected chi connectivity index (χ3v) is 4.70. The second-order valence-corrected chi connectivity index (χ2v) is 5.84. The maximum Gasteiger partial charge on any atom is 0.0734 e. The molecule has 0 aliphatic heterocycles. The molecular weight excluding hydrogens is 230 g/mol. The molecule has 0 aromatic carbocycles. The quantitative estimate of drug-likeness (QED) is 0.606. The number of nitrogens with one attached hydrogen (secondary N) is 1.